The second-order valence-corrected chi connectivity index (χ2v) is 6.49. The zero-order chi connectivity index (χ0) is 16.8. The third-order valence-electron chi connectivity index (χ3n) is 3.98. The molecule has 0 N–H and O–H groups in total. The molecule has 1 rings (SSSR count). The van der Waals surface area contributed by atoms with Gasteiger partial charge in [0.1, 0.15) is 7.85 Å². The van der Waals surface area contributed by atoms with Gasteiger partial charge in [-0.05, 0) is 29.6 Å². The monoisotopic (exact) mass is 296 g/mol. The van der Waals surface area contributed by atoms with Gasteiger partial charge in [-0.25, -0.2) is 0 Å². The SMILES string of the molecule is BC1(C)CC(C)CC=C1C(C#N)(C#N)CC#CCOC(C)=O. The quantitative estimate of drug-likeness (QED) is 0.346. The molecule has 0 heterocycles. The summed E-state index contributed by atoms with van der Waals surface area (Å²) in [6, 6.07) is 4.33. The van der Waals surface area contributed by atoms with Crippen LogP contribution in [0.2, 0.25) is 5.31 Å². The van der Waals surface area contributed by atoms with Gasteiger partial charge >= 0.3 is 5.97 Å². The molecule has 1 aliphatic carbocycles. The minimum atomic E-state index is -1.23. The van der Waals surface area contributed by atoms with Crippen LogP contribution in [0.15, 0.2) is 11.6 Å². The van der Waals surface area contributed by atoms with E-state index >= 15 is 0 Å². The second kappa shape index (κ2) is 7.19. The standard InChI is InChI=1S/C17H21BN2O2/c1-13-6-7-15(16(3,18)10-13)17(11-19,12-20)8-4-5-9-22-14(2)21/h7,13H,6,8-10,18H2,1-3H3. The molecule has 0 saturated carbocycles. The van der Waals surface area contributed by atoms with Crippen LogP contribution in [0, 0.1) is 45.8 Å². The Labute approximate surface area is 133 Å². The average molecular weight is 296 g/mol. The molecule has 2 unspecified atom stereocenters. The molecule has 2 atom stereocenters. The fourth-order valence-corrected chi connectivity index (χ4v) is 3.12. The first kappa shape index (κ1) is 17.9. The molecule has 0 aromatic rings. The summed E-state index contributed by atoms with van der Waals surface area (Å²) in [5.41, 5.74) is -0.364. The fraction of sp³-hybridized carbons (Fsp3) is 0.588. The lowest BCUT2D eigenvalue weighted by Gasteiger charge is -2.40. The summed E-state index contributed by atoms with van der Waals surface area (Å²) < 4.78 is 4.73. The molecule has 114 valence electrons. The Kier molecular flexibility index (Phi) is 5.84. The summed E-state index contributed by atoms with van der Waals surface area (Å²) in [6.07, 6.45) is 3.99. The Morgan fingerprint density at radius 3 is 2.64 bits per heavy atom. The molecule has 0 aliphatic heterocycles. The van der Waals surface area contributed by atoms with Crippen LogP contribution in [-0.2, 0) is 9.53 Å². The summed E-state index contributed by atoms with van der Waals surface area (Å²) in [5.74, 6) is 5.66. The molecule has 1 aliphatic rings. The van der Waals surface area contributed by atoms with Crippen molar-refractivity contribution in [2.45, 2.75) is 45.3 Å². The number of esters is 1. The van der Waals surface area contributed by atoms with E-state index in [2.05, 4.69) is 45.7 Å². The highest BCUT2D eigenvalue weighted by atomic mass is 16.5. The van der Waals surface area contributed by atoms with Crippen molar-refractivity contribution < 1.29 is 9.53 Å². The molecular formula is C17H21BN2O2. The number of carbonyl (C=O) groups excluding carboxylic acids is 1. The summed E-state index contributed by atoms with van der Waals surface area (Å²) in [6.45, 7) is 5.55. The van der Waals surface area contributed by atoms with E-state index in [1.165, 1.54) is 6.92 Å². The predicted molar refractivity (Wildman–Crippen MR) is 86.1 cm³/mol. The van der Waals surface area contributed by atoms with Crippen LogP contribution in [0.5, 0.6) is 0 Å². The van der Waals surface area contributed by atoms with Crippen molar-refractivity contribution >= 4 is 13.8 Å². The molecule has 0 saturated heterocycles. The number of hydrogen-bond donors (Lipinski definition) is 0. The maximum Gasteiger partial charge on any atom is 0.303 e. The van der Waals surface area contributed by atoms with Crippen molar-refractivity contribution in [3.63, 3.8) is 0 Å². The summed E-state index contributed by atoms with van der Waals surface area (Å²) in [7, 11) is 2.07. The van der Waals surface area contributed by atoms with Gasteiger partial charge in [0, 0.05) is 13.3 Å². The van der Waals surface area contributed by atoms with E-state index in [1.54, 1.807) is 0 Å². The highest BCUT2D eigenvalue weighted by Crippen LogP contribution is 2.51. The van der Waals surface area contributed by atoms with Gasteiger partial charge in [-0.3, -0.25) is 4.79 Å². The average Bonchev–Trinajstić information content (AvgIpc) is 2.43. The molecular weight excluding hydrogens is 275 g/mol. The molecule has 0 bridgehead atoms. The van der Waals surface area contributed by atoms with Crippen molar-refractivity contribution in [1.29, 1.82) is 10.5 Å². The van der Waals surface area contributed by atoms with Crippen molar-refractivity contribution in [3.8, 4) is 24.0 Å². The number of ether oxygens (including phenoxy) is 1. The number of rotatable bonds is 3. The number of hydrogen-bond acceptors (Lipinski definition) is 4. The van der Waals surface area contributed by atoms with Gasteiger partial charge in [0.2, 0.25) is 0 Å². The minimum Gasteiger partial charge on any atom is -0.453 e. The smallest absolute Gasteiger partial charge is 0.303 e. The summed E-state index contributed by atoms with van der Waals surface area (Å²) >= 11 is 0. The highest BCUT2D eigenvalue weighted by Gasteiger charge is 2.43. The van der Waals surface area contributed by atoms with Crippen molar-refractivity contribution in [1.82, 2.24) is 0 Å². The molecule has 0 fully saturated rings. The van der Waals surface area contributed by atoms with E-state index in [0.29, 0.717) is 5.92 Å². The Bertz CT molecular complexity index is 597. The lowest BCUT2D eigenvalue weighted by molar-refractivity contribution is -0.139. The van der Waals surface area contributed by atoms with Gasteiger partial charge in [0.15, 0.2) is 12.0 Å². The third kappa shape index (κ3) is 4.16. The van der Waals surface area contributed by atoms with Crippen LogP contribution in [0.3, 0.4) is 0 Å². The minimum absolute atomic E-state index is 0.0122. The molecule has 0 radical (unpaired) electrons. The number of nitriles is 2. The highest BCUT2D eigenvalue weighted by molar-refractivity contribution is 6.17. The Morgan fingerprint density at radius 1 is 1.50 bits per heavy atom. The van der Waals surface area contributed by atoms with Gasteiger partial charge in [-0.1, -0.05) is 31.8 Å². The zero-order valence-electron chi connectivity index (χ0n) is 13.7. The lowest BCUT2D eigenvalue weighted by atomic mass is 9.52. The van der Waals surface area contributed by atoms with Gasteiger partial charge < -0.3 is 4.74 Å². The second-order valence-electron chi connectivity index (χ2n) is 6.49. The number of allylic oxidation sites excluding steroid dienone is 2. The Morgan fingerprint density at radius 2 is 2.14 bits per heavy atom. The molecule has 0 aromatic carbocycles. The van der Waals surface area contributed by atoms with Crippen molar-refractivity contribution in [3.05, 3.63) is 11.6 Å². The van der Waals surface area contributed by atoms with E-state index in [1.807, 2.05) is 6.08 Å². The van der Waals surface area contributed by atoms with Crippen LogP contribution in [-0.4, -0.2) is 20.4 Å². The first-order valence-electron chi connectivity index (χ1n) is 7.40. The molecule has 4 nitrogen and oxygen atoms in total. The van der Waals surface area contributed by atoms with Crippen LogP contribution < -0.4 is 0 Å². The maximum atomic E-state index is 10.7. The van der Waals surface area contributed by atoms with E-state index in [9.17, 15) is 15.3 Å². The molecule has 22 heavy (non-hydrogen) atoms. The van der Waals surface area contributed by atoms with Crippen LogP contribution in [0.25, 0.3) is 0 Å². The normalized spacial score (nSPS) is 24.0. The lowest BCUT2D eigenvalue weighted by Crippen LogP contribution is -2.31. The molecule has 0 spiro atoms. The molecule has 5 heteroatoms. The van der Waals surface area contributed by atoms with Gasteiger partial charge in [-0.15, -0.1) is 0 Å². The van der Waals surface area contributed by atoms with E-state index in [0.717, 1.165) is 18.4 Å². The van der Waals surface area contributed by atoms with Crippen LogP contribution >= 0.6 is 0 Å². The summed E-state index contributed by atoms with van der Waals surface area (Å²) in [5, 5.41) is 19.0. The largest absolute Gasteiger partial charge is 0.453 e. The summed E-state index contributed by atoms with van der Waals surface area (Å²) in [4.78, 5) is 10.7. The number of nitrogens with zero attached hydrogens (tertiary/aromatic N) is 2. The predicted octanol–water partition coefficient (Wildman–Crippen LogP) is 2.14. The molecule has 0 amide bonds. The van der Waals surface area contributed by atoms with E-state index in [4.69, 9.17) is 4.74 Å². The first-order chi connectivity index (χ1) is 10.3. The third-order valence-corrected chi connectivity index (χ3v) is 3.98. The van der Waals surface area contributed by atoms with Crippen LogP contribution in [0.1, 0.15) is 40.0 Å². The molecule has 0 aromatic heterocycles. The number of carbonyl (C=O) groups is 1. The van der Waals surface area contributed by atoms with Crippen LogP contribution in [0.4, 0.5) is 0 Å². The maximum absolute atomic E-state index is 10.7. The van der Waals surface area contributed by atoms with E-state index in [-0.39, 0.29) is 18.3 Å². The first-order valence-corrected chi connectivity index (χ1v) is 7.40. The van der Waals surface area contributed by atoms with Crippen molar-refractivity contribution in [2.75, 3.05) is 6.61 Å². The topological polar surface area (TPSA) is 73.9 Å². The van der Waals surface area contributed by atoms with Gasteiger partial charge in [-0.2, -0.15) is 10.5 Å². The van der Waals surface area contributed by atoms with E-state index < -0.39 is 11.4 Å². The fourth-order valence-electron chi connectivity index (χ4n) is 3.12. The zero-order valence-corrected chi connectivity index (χ0v) is 13.7. The van der Waals surface area contributed by atoms with Gasteiger partial charge in [0.25, 0.3) is 0 Å². The van der Waals surface area contributed by atoms with Gasteiger partial charge in [0.05, 0.1) is 12.1 Å². The Balaban J connectivity index is 3.00. The van der Waals surface area contributed by atoms with Crippen molar-refractivity contribution in [2.24, 2.45) is 11.3 Å². The Hall–Kier alpha value is -2.19.